The van der Waals surface area contributed by atoms with Crippen LogP contribution in [0.5, 0.6) is 0 Å². The lowest BCUT2D eigenvalue weighted by atomic mass is 9.77. The highest BCUT2D eigenvalue weighted by atomic mass is 35.5. The summed E-state index contributed by atoms with van der Waals surface area (Å²) < 4.78 is 53.1. The first-order valence-electron chi connectivity index (χ1n) is 12.1. The van der Waals surface area contributed by atoms with Crippen LogP contribution in [0.15, 0.2) is 30.6 Å². The Kier molecular flexibility index (Phi) is 7.35. The third-order valence-corrected chi connectivity index (χ3v) is 7.50. The molecule has 1 saturated carbocycles. The number of rotatable bonds is 9. The largest absolute Gasteiger partial charge is 0.453 e. The molecule has 2 aliphatic rings. The van der Waals surface area contributed by atoms with Gasteiger partial charge in [-0.2, -0.15) is 5.10 Å². The molecule has 3 aromatic rings. The number of methoxy groups -OCH3 is 1. The van der Waals surface area contributed by atoms with E-state index < -0.39 is 27.5 Å². The number of hydrogen-bond acceptors (Lipinski definition) is 9. The fraction of sp³-hybridized carbons (Fsp3) is 0.417. The van der Waals surface area contributed by atoms with Crippen LogP contribution in [0.25, 0.3) is 22.5 Å². The molecule has 15 heteroatoms. The molecule has 1 aliphatic heterocycles. The lowest BCUT2D eigenvalue weighted by Crippen LogP contribution is -2.57. The van der Waals surface area contributed by atoms with Crippen LogP contribution in [-0.4, -0.2) is 72.9 Å². The van der Waals surface area contributed by atoms with Crippen LogP contribution in [0, 0.1) is 5.82 Å². The van der Waals surface area contributed by atoms with Crippen molar-refractivity contribution in [2.24, 2.45) is 0 Å². The molecule has 208 valence electrons. The molecule has 1 saturated heterocycles. The van der Waals surface area contributed by atoms with Crippen molar-refractivity contribution in [3.63, 3.8) is 0 Å². The Balaban J connectivity index is 1.50. The van der Waals surface area contributed by atoms with Crippen molar-refractivity contribution in [1.82, 2.24) is 25.1 Å². The third kappa shape index (κ3) is 5.92. The molecule has 5 rings (SSSR count). The fourth-order valence-electron chi connectivity index (χ4n) is 4.44. The minimum Gasteiger partial charge on any atom is -0.453 e. The van der Waals surface area contributed by atoms with Crippen molar-refractivity contribution in [2.45, 2.75) is 30.8 Å². The first kappa shape index (κ1) is 27.1. The Morgan fingerprint density at radius 2 is 2.08 bits per heavy atom. The summed E-state index contributed by atoms with van der Waals surface area (Å²) in [6, 6.07) is 4.20. The van der Waals surface area contributed by atoms with Crippen molar-refractivity contribution >= 4 is 39.4 Å². The van der Waals surface area contributed by atoms with Gasteiger partial charge in [0.25, 0.3) is 0 Å². The maximum atomic E-state index is 15.6. The normalized spacial score (nSPS) is 16.6. The van der Waals surface area contributed by atoms with Crippen LogP contribution < -0.4 is 15.4 Å². The van der Waals surface area contributed by atoms with E-state index in [-0.39, 0.29) is 28.0 Å². The lowest BCUT2D eigenvalue weighted by Gasteiger charge is -2.42. The molecule has 1 amide bonds. The summed E-state index contributed by atoms with van der Waals surface area (Å²) in [6.07, 6.45) is 6.26. The zero-order valence-corrected chi connectivity index (χ0v) is 22.8. The third-order valence-electron chi connectivity index (χ3n) is 6.69. The van der Waals surface area contributed by atoms with Crippen LogP contribution in [0.4, 0.5) is 20.8 Å². The highest BCUT2D eigenvalue weighted by Gasteiger charge is 2.39. The summed E-state index contributed by atoms with van der Waals surface area (Å²) in [6.45, 7) is 1.29. The van der Waals surface area contributed by atoms with E-state index in [0.29, 0.717) is 37.0 Å². The number of hydrogen-bond donors (Lipinski definition) is 3. The van der Waals surface area contributed by atoms with Crippen molar-refractivity contribution in [1.29, 1.82) is 0 Å². The van der Waals surface area contributed by atoms with Gasteiger partial charge in [0.05, 0.1) is 49.5 Å². The Bertz CT molecular complexity index is 1510. The van der Waals surface area contributed by atoms with Gasteiger partial charge in [0, 0.05) is 35.1 Å². The summed E-state index contributed by atoms with van der Waals surface area (Å²) in [5.41, 5.74) is 0.429. The Morgan fingerprint density at radius 1 is 1.31 bits per heavy atom. The number of nitrogens with one attached hydrogen (secondary N) is 3. The standard InChI is InChI=1S/C24H27ClFN7O5S/c1-37-23(34)30-24(5-3-6-24)13-28-22-27-7-4-18(29-22)17-10-33(15-11-38-12-15)31-21(17)16-8-14(25)9-19(20(16)26)32-39(2,35)36/h4,7-10,15,32H,3,5-6,11-13H2,1-2H3,(H,30,34)(H,27,28,29). The average molecular weight is 580 g/mol. The molecule has 2 aromatic heterocycles. The fourth-order valence-corrected chi connectivity index (χ4v) is 5.20. The lowest BCUT2D eigenvalue weighted by molar-refractivity contribution is -0.0285. The van der Waals surface area contributed by atoms with Crippen LogP contribution in [0.3, 0.4) is 0 Å². The number of anilines is 2. The molecule has 1 aromatic carbocycles. The first-order valence-corrected chi connectivity index (χ1v) is 14.4. The number of aromatic nitrogens is 4. The number of amides is 1. The topological polar surface area (TPSA) is 149 Å². The van der Waals surface area contributed by atoms with Gasteiger partial charge >= 0.3 is 6.09 Å². The van der Waals surface area contributed by atoms with Gasteiger partial charge in [-0.1, -0.05) is 11.6 Å². The van der Waals surface area contributed by atoms with E-state index in [0.717, 1.165) is 25.5 Å². The van der Waals surface area contributed by atoms with Gasteiger partial charge in [-0.3, -0.25) is 9.40 Å². The summed E-state index contributed by atoms with van der Waals surface area (Å²) in [7, 11) is -2.45. The molecule has 0 atom stereocenters. The van der Waals surface area contributed by atoms with E-state index in [1.54, 1.807) is 23.1 Å². The summed E-state index contributed by atoms with van der Waals surface area (Å²) in [4.78, 5) is 20.7. The van der Waals surface area contributed by atoms with Gasteiger partial charge in [-0.05, 0) is 37.5 Å². The molecule has 0 unspecified atom stereocenters. The second-order valence-electron chi connectivity index (χ2n) is 9.62. The number of alkyl carbamates (subject to hydrolysis) is 1. The van der Waals surface area contributed by atoms with Crippen LogP contribution in [0.1, 0.15) is 25.3 Å². The number of nitrogens with zero attached hydrogens (tertiary/aromatic N) is 4. The molecule has 2 fully saturated rings. The molecule has 39 heavy (non-hydrogen) atoms. The molecular weight excluding hydrogens is 553 g/mol. The molecule has 0 bridgehead atoms. The molecule has 3 heterocycles. The minimum atomic E-state index is -3.77. The number of sulfonamides is 1. The molecule has 1 aliphatic carbocycles. The Labute approximate surface area is 229 Å². The number of carbonyl (C=O) groups excluding carboxylic acids is 1. The average Bonchev–Trinajstić information content (AvgIpc) is 3.25. The Morgan fingerprint density at radius 3 is 2.69 bits per heavy atom. The number of halogens is 2. The summed E-state index contributed by atoms with van der Waals surface area (Å²) in [5, 5.41) is 10.8. The molecule has 0 spiro atoms. The predicted molar refractivity (Wildman–Crippen MR) is 143 cm³/mol. The smallest absolute Gasteiger partial charge is 0.407 e. The summed E-state index contributed by atoms with van der Waals surface area (Å²) in [5.74, 6) is -0.517. The highest BCUT2D eigenvalue weighted by Crippen LogP contribution is 2.38. The van der Waals surface area contributed by atoms with Crippen LogP contribution in [-0.2, 0) is 19.5 Å². The second kappa shape index (κ2) is 10.6. The van der Waals surface area contributed by atoms with Gasteiger partial charge < -0.3 is 20.1 Å². The molecule has 0 radical (unpaired) electrons. The SMILES string of the molecule is COC(=O)NC1(CNc2nccc(-c3cn(C4COC4)nc3-c3cc(Cl)cc(NS(C)(=O)=O)c3F)n2)CCC1. The van der Waals surface area contributed by atoms with Gasteiger partial charge in [0.2, 0.25) is 16.0 Å². The molecule has 3 N–H and O–H groups in total. The predicted octanol–water partition coefficient (Wildman–Crippen LogP) is 3.43. The van der Waals surface area contributed by atoms with Gasteiger partial charge in [0.1, 0.15) is 5.69 Å². The minimum absolute atomic E-state index is 0.00598. The van der Waals surface area contributed by atoms with E-state index >= 15 is 4.39 Å². The number of carbonyl (C=O) groups is 1. The van der Waals surface area contributed by atoms with Gasteiger partial charge in [-0.15, -0.1) is 0 Å². The molecular formula is C24H27ClFN7O5S. The van der Waals surface area contributed by atoms with Crippen LogP contribution in [0.2, 0.25) is 5.02 Å². The van der Waals surface area contributed by atoms with E-state index in [2.05, 4.69) is 30.4 Å². The van der Waals surface area contributed by atoms with E-state index in [4.69, 9.17) is 21.1 Å². The monoisotopic (exact) mass is 579 g/mol. The number of ether oxygens (including phenoxy) is 2. The zero-order chi connectivity index (χ0) is 27.8. The Hall–Kier alpha value is -3.49. The van der Waals surface area contributed by atoms with Crippen molar-refractivity contribution in [3.8, 4) is 22.5 Å². The van der Waals surface area contributed by atoms with Crippen LogP contribution >= 0.6 is 11.6 Å². The number of benzene rings is 1. The van der Waals surface area contributed by atoms with Crippen molar-refractivity contribution in [3.05, 3.63) is 41.4 Å². The highest BCUT2D eigenvalue weighted by molar-refractivity contribution is 7.92. The van der Waals surface area contributed by atoms with Crippen molar-refractivity contribution < 1.29 is 27.1 Å². The quantitative estimate of drug-likeness (QED) is 0.346. The zero-order valence-electron chi connectivity index (χ0n) is 21.2. The second-order valence-corrected chi connectivity index (χ2v) is 11.8. The van der Waals surface area contributed by atoms with E-state index in [9.17, 15) is 13.2 Å². The van der Waals surface area contributed by atoms with Gasteiger partial charge in [-0.25, -0.2) is 27.6 Å². The maximum Gasteiger partial charge on any atom is 0.407 e. The maximum absolute atomic E-state index is 15.6. The molecule has 12 nitrogen and oxygen atoms in total. The van der Waals surface area contributed by atoms with E-state index in [1.807, 2.05) is 0 Å². The first-order chi connectivity index (χ1) is 18.6. The van der Waals surface area contributed by atoms with E-state index in [1.165, 1.54) is 19.2 Å². The van der Waals surface area contributed by atoms with Crippen molar-refractivity contribution in [2.75, 3.05) is 43.2 Å². The van der Waals surface area contributed by atoms with Gasteiger partial charge in [0.15, 0.2) is 5.82 Å². The summed E-state index contributed by atoms with van der Waals surface area (Å²) >= 11 is 6.25.